The quantitative estimate of drug-likeness (QED) is 0.391. The van der Waals surface area contributed by atoms with Gasteiger partial charge in [0.05, 0.1) is 29.8 Å². The molecule has 4 heteroatoms. The van der Waals surface area contributed by atoms with Crippen LogP contribution in [0.1, 0.15) is 11.1 Å². The van der Waals surface area contributed by atoms with Crippen molar-refractivity contribution in [2.24, 2.45) is 0 Å². The maximum Gasteiger partial charge on any atom is 0.141 e. The monoisotopic (exact) mass is 389 g/mol. The van der Waals surface area contributed by atoms with Gasteiger partial charge in [0.15, 0.2) is 0 Å². The topological polar surface area (TPSA) is 50.8 Å². The second kappa shape index (κ2) is 7.38. The molecular formula is C26H19N3O. The van der Waals surface area contributed by atoms with Crippen molar-refractivity contribution in [1.82, 2.24) is 9.55 Å². The summed E-state index contributed by atoms with van der Waals surface area (Å²) in [6.45, 7) is 0.697. The van der Waals surface area contributed by atoms with E-state index in [1.807, 2.05) is 36.4 Å². The van der Waals surface area contributed by atoms with Crippen LogP contribution in [0.4, 0.5) is 0 Å². The molecule has 1 heterocycles. The zero-order chi connectivity index (χ0) is 20.5. The fraction of sp³-hybridized carbons (Fsp3) is 0.0769. The average Bonchev–Trinajstić information content (AvgIpc) is 3.16. The van der Waals surface area contributed by atoms with Crippen molar-refractivity contribution in [3.05, 3.63) is 96.1 Å². The van der Waals surface area contributed by atoms with E-state index in [2.05, 4.69) is 59.2 Å². The minimum Gasteiger partial charge on any atom is -0.497 e. The summed E-state index contributed by atoms with van der Waals surface area (Å²) in [5, 5.41) is 11.6. The zero-order valence-electron chi connectivity index (χ0n) is 16.5. The molecule has 0 radical (unpaired) electrons. The van der Waals surface area contributed by atoms with Crippen molar-refractivity contribution < 1.29 is 4.74 Å². The van der Waals surface area contributed by atoms with Gasteiger partial charge in [0, 0.05) is 18.2 Å². The van der Waals surface area contributed by atoms with Crippen molar-refractivity contribution in [2.75, 3.05) is 7.11 Å². The second-order valence-electron chi connectivity index (χ2n) is 7.25. The Labute approximate surface area is 174 Å². The summed E-state index contributed by atoms with van der Waals surface area (Å²) in [6, 6.07) is 30.6. The summed E-state index contributed by atoms with van der Waals surface area (Å²) < 4.78 is 7.61. The number of imidazole rings is 1. The smallest absolute Gasteiger partial charge is 0.141 e. The minimum atomic E-state index is 0.637. The predicted molar refractivity (Wildman–Crippen MR) is 119 cm³/mol. The minimum absolute atomic E-state index is 0.637. The number of rotatable bonds is 4. The fourth-order valence-electron chi connectivity index (χ4n) is 3.83. The lowest BCUT2D eigenvalue weighted by molar-refractivity contribution is 0.415. The van der Waals surface area contributed by atoms with E-state index in [1.165, 1.54) is 16.3 Å². The maximum absolute atomic E-state index is 9.12. The van der Waals surface area contributed by atoms with Crippen molar-refractivity contribution in [3.63, 3.8) is 0 Å². The van der Waals surface area contributed by atoms with E-state index in [4.69, 9.17) is 15.0 Å². The molecule has 0 N–H and O–H groups in total. The molecule has 5 rings (SSSR count). The average molecular weight is 389 g/mol. The molecule has 0 saturated heterocycles. The molecule has 4 aromatic carbocycles. The lowest BCUT2D eigenvalue weighted by Crippen LogP contribution is -2.02. The number of nitriles is 1. The highest BCUT2D eigenvalue weighted by Gasteiger charge is 2.14. The summed E-state index contributed by atoms with van der Waals surface area (Å²) in [6.07, 6.45) is 0. The molecule has 144 valence electrons. The van der Waals surface area contributed by atoms with E-state index >= 15 is 0 Å². The molecular weight excluding hydrogens is 370 g/mol. The number of ether oxygens (including phenoxy) is 1. The van der Waals surface area contributed by atoms with Crippen molar-refractivity contribution in [1.29, 1.82) is 5.26 Å². The molecule has 4 nitrogen and oxygen atoms in total. The normalized spacial score (nSPS) is 10.9. The van der Waals surface area contributed by atoms with E-state index < -0.39 is 0 Å². The van der Waals surface area contributed by atoms with Gasteiger partial charge in [-0.05, 0) is 58.8 Å². The Bertz CT molecular complexity index is 1410. The Hall–Kier alpha value is -4.10. The Morgan fingerprint density at radius 3 is 2.47 bits per heavy atom. The van der Waals surface area contributed by atoms with Gasteiger partial charge >= 0.3 is 0 Å². The number of fused-ring (bicyclic) bond motifs is 2. The molecule has 0 amide bonds. The molecule has 0 aliphatic heterocycles. The van der Waals surface area contributed by atoms with Gasteiger partial charge in [0.1, 0.15) is 11.6 Å². The van der Waals surface area contributed by atoms with Crippen LogP contribution in [0, 0.1) is 11.3 Å². The van der Waals surface area contributed by atoms with Gasteiger partial charge in [0.2, 0.25) is 0 Å². The van der Waals surface area contributed by atoms with Gasteiger partial charge in [0.25, 0.3) is 0 Å². The molecule has 5 aromatic rings. The van der Waals surface area contributed by atoms with Gasteiger partial charge in [-0.1, -0.05) is 36.4 Å². The summed E-state index contributed by atoms with van der Waals surface area (Å²) in [5.41, 5.74) is 4.75. The van der Waals surface area contributed by atoms with E-state index in [0.717, 1.165) is 28.2 Å². The summed E-state index contributed by atoms with van der Waals surface area (Å²) in [5.74, 6) is 1.65. The summed E-state index contributed by atoms with van der Waals surface area (Å²) in [4.78, 5) is 4.91. The van der Waals surface area contributed by atoms with Crippen LogP contribution in [0.5, 0.6) is 5.75 Å². The van der Waals surface area contributed by atoms with Gasteiger partial charge in [-0.3, -0.25) is 0 Å². The fourth-order valence-corrected chi connectivity index (χ4v) is 3.83. The van der Waals surface area contributed by atoms with Crippen LogP contribution in [0.25, 0.3) is 33.2 Å². The first-order valence-corrected chi connectivity index (χ1v) is 9.77. The number of nitrogens with zero attached hydrogens (tertiary/aromatic N) is 3. The largest absolute Gasteiger partial charge is 0.497 e. The summed E-state index contributed by atoms with van der Waals surface area (Å²) in [7, 11) is 1.66. The molecule has 0 saturated carbocycles. The number of hydrogen-bond acceptors (Lipinski definition) is 3. The second-order valence-corrected chi connectivity index (χ2v) is 7.25. The molecule has 30 heavy (non-hydrogen) atoms. The SMILES string of the molecule is COc1ccc2c(c1)nc(-c1ccc(C#N)cc1)n2Cc1ccc2ccccc2c1. The van der Waals surface area contributed by atoms with Gasteiger partial charge in [-0.25, -0.2) is 4.98 Å². The number of aromatic nitrogens is 2. The van der Waals surface area contributed by atoms with Crippen molar-refractivity contribution >= 4 is 21.8 Å². The van der Waals surface area contributed by atoms with Gasteiger partial charge < -0.3 is 9.30 Å². The van der Waals surface area contributed by atoms with Crippen LogP contribution in [0.2, 0.25) is 0 Å². The standard InChI is InChI=1S/C26H19N3O/c1-30-23-12-13-25-24(15-23)28-26(21-10-6-18(16-27)7-11-21)29(25)17-19-8-9-20-4-2-3-5-22(20)14-19/h2-15H,17H2,1H3. The molecule has 0 atom stereocenters. The van der Waals surface area contributed by atoms with Crippen LogP contribution in [-0.4, -0.2) is 16.7 Å². The van der Waals surface area contributed by atoms with E-state index in [0.29, 0.717) is 12.1 Å². The molecule has 1 aromatic heterocycles. The highest BCUT2D eigenvalue weighted by molar-refractivity contribution is 5.84. The molecule has 0 bridgehead atoms. The number of hydrogen-bond donors (Lipinski definition) is 0. The molecule has 0 aliphatic rings. The third-order valence-electron chi connectivity index (χ3n) is 5.38. The van der Waals surface area contributed by atoms with Crippen LogP contribution in [-0.2, 0) is 6.54 Å². The van der Waals surface area contributed by atoms with E-state index in [-0.39, 0.29) is 0 Å². The lowest BCUT2D eigenvalue weighted by atomic mass is 10.1. The van der Waals surface area contributed by atoms with E-state index in [9.17, 15) is 0 Å². The van der Waals surface area contributed by atoms with Crippen LogP contribution >= 0.6 is 0 Å². The highest BCUT2D eigenvalue weighted by Crippen LogP contribution is 2.29. The Morgan fingerprint density at radius 2 is 1.70 bits per heavy atom. The Balaban J connectivity index is 1.66. The predicted octanol–water partition coefficient (Wildman–Crippen LogP) is 5.79. The first-order chi connectivity index (χ1) is 14.7. The van der Waals surface area contributed by atoms with Gasteiger partial charge in [-0.15, -0.1) is 0 Å². The molecule has 0 aliphatic carbocycles. The van der Waals surface area contributed by atoms with E-state index in [1.54, 1.807) is 7.11 Å². The lowest BCUT2D eigenvalue weighted by Gasteiger charge is -2.11. The Kier molecular flexibility index (Phi) is 4.42. The first-order valence-electron chi connectivity index (χ1n) is 9.77. The van der Waals surface area contributed by atoms with Crippen LogP contribution in [0.3, 0.4) is 0 Å². The van der Waals surface area contributed by atoms with Crippen LogP contribution in [0.15, 0.2) is 84.9 Å². The zero-order valence-corrected chi connectivity index (χ0v) is 16.5. The Morgan fingerprint density at radius 1 is 0.900 bits per heavy atom. The maximum atomic E-state index is 9.12. The third kappa shape index (κ3) is 3.17. The number of benzene rings is 4. The summed E-state index contributed by atoms with van der Waals surface area (Å²) >= 11 is 0. The molecule has 0 fully saturated rings. The molecule has 0 unspecified atom stereocenters. The van der Waals surface area contributed by atoms with Gasteiger partial charge in [-0.2, -0.15) is 5.26 Å². The van der Waals surface area contributed by atoms with Crippen LogP contribution < -0.4 is 4.74 Å². The third-order valence-corrected chi connectivity index (χ3v) is 5.38. The molecule has 0 spiro atoms. The highest BCUT2D eigenvalue weighted by atomic mass is 16.5. The van der Waals surface area contributed by atoms with Crippen molar-refractivity contribution in [2.45, 2.75) is 6.54 Å². The number of methoxy groups -OCH3 is 1. The van der Waals surface area contributed by atoms with Crippen molar-refractivity contribution in [3.8, 4) is 23.2 Å². The first kappa shape index (κ1) is 18.0.